The first-order valence-electron chi connectivity index (χ1n) is 6.34. The van der Waals surface area contributed by atoms with Crippen molar-refractivity contribution in [3.05, 3.63) is 53.3 Å². The Kier molecular flexibility index (Phi) is 3.81. The second kappa shape index (κ2) is 5.61. The maximum absolute atomic E-state index is 12.6. The molecule has 0 aliphatic carbocycles. The van der Waals surface area contributed by atoms with Crippen LogP contribution < -0.4 is 10.5 Å². The number of hydrogen-bond donors (Lipinski definition) is 2. The summed E-state index contributed by atoms with van der Waals surface area (Å²) in [6, 6.07) is 10.8. The molecule has 0 saturated heterocycles. The van der Waals surface area contributed by atoms with Crippen LogP contribution in [0, 0.1) is 0 Å². The van der Waals surface area contributed by atoms with E-state index in [1.807, 2.05) is 18.2 Å². The highest BCUT2D eigenvalue weighted by atomic mass is 32.2. The lowest BCUT2D eigenvalue weighted by molar-refractivity contribution is 0.498. The molecule has 3 rings (SSSR count). The van der Waals surface area contributed by atoms with Crippen molar-refractivity contribution in [1.29, 1.82) is 0 Å². The first-order chi connectivity index (χ1) is 10.1. The zero-order valence-electron chi connectivity index (χ0n) is 11.1. The SMILES string of the molecule is NCc1sc2ccccc2c1S(=O)(=O)NCc1ccco1. The average molecular weight is 322 g/mol. The molecule has 0 bridgehead atoms. The van der Waals surface area contributed by atoms with Gasteiger partial charge in [-0.2, -0.15) is 0 Å². The van der Waals surface area contributed by atoms with Crippen LogP contribution in [0.3, 0.4) is 0 Å². The number of nitrogens with one attached hydrogen (secondary N) is 1. The van der Waals surface area contributed by atoms with E-state index in [1.165, 1.54) is 17.6 Å². The second-order valence-electron chi connectivity index (χ2n) is 4.46. The molecule has 21 heavy (non-hydrogen) atoms. The van der Waals surface area contributed by atoms with E-state index < -0.39 is 10.0 Å². The maximum Gasteiger partial charge on any atom is 0.242 e. The molecule has 0 aliphatic rings. The van der Waals surface area contributed by atoms with E-state index in [1.54, 1.807) is 18.2 Å². The van der Waals surface area contributed by atoms with Gasteiger partial charge in [0.05, 0.1) is 12.8 Å². The Hall–Kier alpha value is -1.67. The predicted octanol–water partition coefficient (Wildman–Crippen LogP) is 2.43. The molecule has 0 amide bonds. The van der Waals surface area contributed by atoms with Crippen molar-refractivity contribution >= 4 is 31.4 Å². The number of fused-ring (bicyclic) bond motifs is 1. The fraction of sp³-hybridized carbons (Fsp3) is 0.143. The first-order valence-corrected chi connectivity index (χ1v) is 8.64. The van der Waals surface area contributed by atoms with E-state index in [9.17, 15) is 8.42 Å². The summed E-state index contributed by atoms with van der Waals surface area (Å²) in [5.41, 5.74) is 5.70. The van der Waals surface area contributed by atoms with Crippen LogP contribution in [0.5, 0.6) is 0 Å². The Labute approximate surface area is 126 Å². The van der Waals surface area contributed by atoms with Gasteiger partial charge in [-0.15, -0.1) is 11.3 Å². The van der Waals surface area contributed by atoms with Crippen molar-refractivity contribution in [2.24, 2.45) is 5.73 Å². The van der Waals surface area contributed by atoms with Gasteiger partial charge >= 0.3 is 0 Å². The summed E-state index contributed by atoms with van der Waals surface area (Å²) in [6.45, 7) is 0.305. The molecular formula is C14H14N2O3S2. The monoisotopic (exact) mass is 322 g/mol. The molecule has 0 radical (unpaired) electrons. The Balaban J connectivity index is 2.01. The van der Waals surface area contributed by atoms with Crippen molar-refractivity contribution < 1.29 is 12.8 Å². The third-order valence-electron chi connectivity index (χ3n) is 3.09. The van der Waals surface area contributed by atoms with Gasteiger partial charge < -0.3 is 10.2 Å². The molecule has 0 aliphatic heterocycles. The largest absolute Gasteiger partial charge is 0.468 e. The molecule has 5 nitrogen and oxygen atoms in total. The number of hydrogen-bond acceptors (Lipinski definition) is 5. The van der Waals surface area contributed by atoms with Crippen molar-refractivity contribution in [3.63, 3.8) is 0 Å². The smallest absolute Gasteiger partial charge is 0.242 e. The average Bonchev–Trinajstić information content (AvgIpc) is 3.12. The number of nitrogens with two attached hydrogens (primary N) is 1. The van der Waals surface area contributed by atoms with Crippen LogP contribution in [0.4, 0.5) is 0 Å². The third kappa shape index (κ3) is 2.73. The van der Waals surface area contributed by atoms with Gasteiger partial charge in [0.25, 0.3) is 0 Å². The topological polar surface area (TPSA) is 85.3 Å². The third-order valence-corrected chi connectivity index (χ3v) is 5.94. The molecule has 0 atom stereocenters. The van der Waals surface area contributed by atoms with Crippen LogP contribution in [0.25, 0.3) is 10.1 Å². The molecule has 2 aromatic heterocycles. The Morgan fingerprint density at radius 3 is 2.71 bits per heavy atom. The molecule has 3 aromatic rings. The van der Waals surface area contributed by atoms with Gasteiger partial charge in [-0.3, -0.25) is 0 Å². The number of sulfonamides is 1. The normalized spacial score (nSPS) is 12.0. The first kappa shape index (κ1) is 14.3. The van der Waals surface area contributed by atoms with Gasteiger partial charge in [-0.1, -0.05) is 18.2 Å². The van der Waals surface area contributed by atoms with Crippen LogP contribution in [0.2, 0.25) is 0 Å². The molecule has 3 N–H and O–H groups in total. The summed E-state index contributed by atoms with van der Waals surface area (Å²) in [4.78, 5) is 0.931. The van der Waals surface area contributed by atoms with Crippen LogP contribution >= 0.6 is 11.3 Å². The van der Waals surface area contributed by atoms with E-state index in [2.05, 4.69) is 4.72 Å². The zero-order valence-corrected chi connectivity index (χ0v) is 12.7. The minimum Gasteiger partial charge on any atom is -0.468 e. The van der Waals surface area contributed by atoms with E-state index in [0.717, 1.165) is 4.70 Å². The fourth-order valence-electron chi connectivity index (χ4n) is 2.15. The van der Waals surface area contributed by atoms with E-state index in [4.69, 9.17) is 10.2 Å². The molecule has 110 valence electrons. The number of furan rings is 1. The summed E-state index contributed by atoms with van der Waals surface area (Å²) >= 11 is 1.41. The quantitative estimate of drug-likeness (QED) is 0.755. The molecule has 0 fully saturated rings. The van der Waals surface area contributed by atoms with Crippen LogP contribution in [0.15, 0.2) is 52.0 Å². The lowest BCUT2D eigenvalue weighted by Crippen LogP contribution is -2.24. The van der Waals surface area contributed by atoms with Gasteiger partial charge in [-0.25, -0.2) is 13.1 Å². The highest BCUT2D eigenvalue weighted by Crippen LogP contribution is 2.34. The van der Waals surface area contributed by atoms with Crippen molar-refractivity contribution in [3.8, 4) is 0 Å². The number of thiophene rings is 1. The minimum atomic E-state index is -3.64. The molecule has 2 heterocycles. The van der Waals surface area contributed by atoms with Crippen LogP contribution in [-0.4, -0.2) is 8.42 Å². The fourth-order valence-corrected chi connectivity index (χ4v) is 4.98. The van der Waals surface area contributed by atoms with Gasteiger partial charge in [-0.05, 0) is 18.2 Å². The zero-order chi connectivity index (χ0) is 14.9. The standard InChI is InChI=1S/C14H14N2O3S2/c15-8-13-14(11-5-1-2-6-12(11)20-13)21(17,18)16-9-10-4-3-7-19-10/h1-7,16H,8-9,15H2. The van der Waals surface area contributed by atoms with Gasteiger partial charge in [0, 0.05) is 21.5 Å². The summed E-state index contributed by atoms with van der Waals surface area (Å²) in [5, 5.41) is 0.704. The minimum absolute atomic E-state index is 0.115. The van der Waals surface area contributed by atoms with E-state index >= 15 is 0 Å². The molecule has 1 aromatic carbocycles. The Morgan fingerprint density at radius 2 is 2.00 bits per heavy atom. The molecule has 0 saturated carbocycles. The molecule has 7 heteroatoms. The highest BCUT2D eigenvalue weighted by Gasteiger charge is 2.23. The van der Waals surface area contributed by atoms with E-state index in [0.29, 0.717) is 16.0 Å². The highest BCUT2D eigenvalue weighted by molar-refractivity contribution is 7.90. The summed E-state index contributed by atoms with van der Waals surface area (Å²) < 4.78 is 33.8. The maximum atomic E-state index is 12.6. The van der Waals surface area contributed by atoms with Gasteiger partial charge in [0.1, 0.15) is 10.7 Å². The van der Waals surface area contributed by atoms with Crippen LogP contribution in [0.1, 0.15) is 10.6 Å². The predicted molar refractivity (Wildman–Crippen MR) is 82.4 cm³/mol. The molecular weight excluding hydrogens is 308 g/mol. The Bertz CT molecular complexity index is 852. The summed E-state index contributed by atoms with van der Waals surface area (Å²) in [6.07, 6.45) is 1.51. The summed E-state index contributed by atoms with van der Waals surface area (Å²) in [7, 11) is -3.64. The van der Waals surface area contributed by atoms with Crippen LogP contribution in [-0.2, 0) is 23.1 Å². The van der Waals surface area contributed by atoms with Crippen molar-refractivity contribution in [2.75, 3.05) is 0 Å². The molecule has 0 unspecified atom stereocenters. The lowest BCUT2D eigenvalue weighted by Gasteiger charge is -2.06. The van der Waals surface area contributed by atoms with Crippen molar-refractivity contribution in [1.82, 2.24) is 4.72 Å². The second-order valence-corrected chi connectivity index (χ2v) is 7.30. The molecule has 0 spiro atoms. The lowest BCUT2D eigenvalue weighted by atomic mass is 10.2. The van der Waals surface area contributed by atoms with Gasteiger partial charge in [0.15, 0.2) is 0 Å². The van der Waals surface area contributed by atoms with E-state index in [-0.39, 0.29) is 18.0 Å². The number of rotatable bonds is 5. The summed E-state index contributed by atoms with van der Waals surface area (Å²) in [5.74, 6) is 0.562. The van der Waals surface area contributed by atoms with Crippen molar-refractivity contribution in [2.45, 2.75) is 18.0 Å². The Morgan fingerprint density at radius 1 is 1.19 bits per heavy atom. The van der Waals surface area contributed by atoms with Gasteiger partial charge in [0.2, 0.25) is 10.0 Å². The number of benzene rings is 1.